The number of nitrogens with two attached hydrogens (primary N) is 2. The van der Waals surface area contributed by atoms with Crippen LogP contribution in [0.5, 0.6) is 0 Å². The predicted molar refractivity (Wildman–Crippen MR) is 66.1 cm³/mol. The molecule has 17 heavy (non-hydrogen) atoms. The molecule has 0 radical (unpaired) electrons. The highest BCUT2D eigenvalue weighted by Crippen LogP contribution is 2.32. The summed E-state index contributed by atoms with van der Waals surface area (Å²) in [4.78, 5) is 4.06. The molecule has 0 saturated carbocycles. The van der Waals surface area contributed by atoms with Crippen LogP contribution in [0, 0.1) is 0 Å². The van der Waals surface area contributed by atoms with Crippen LogP contribution in [0.1, 0.15) is 0 Å². The van der Waals surface area contributed by atoms with Crippen molar-refractivity contribution in [1.82, 2.24) is 10.1 Å². The summed E-state index contributed by atoms with van der Waals surface area (Å²) in [5.41, 5.74) is 13.9. The van der Waals surface area contributed by atoms with Crippen molar-refractivity contribution in [3.8, 4) is 11.1 Å². The summed E-state index contributed by atoms with van der Waals surface area (Å²) in [6.07, 6.45) is 1.70. The number of fused-ring (bicyclic) bond motifs is 1. The zero-order valence-corrected chi connectivity index (χ0v) is 8.92. The number of anilines is 2. The Morgan fingerprint density at radius 2 is 1.94 bits per heavy atom. The van der Waals surface area contributed by atoms with Gasteiger partial charge in [-0.2, -0.15) is 0 Å². The van der Waals surface area contributed by atoms with Crippen molar-refractivity contribution in [3.63, 3.8) is 0 Å². The number of hydrogen-bond donors (Lipinski definition) is 2. The lowest BCUT2D eigenvalue weighted by Crippen LogP contribution is -1.90. The molecule has 0 fully saturated rings. The average Bonchev–Trinajstić information content (AvgIpc) is 2.73. The topological polar surface area (TPSA) is 91.0 Å². The van der Waals surface area contributed by atoms with Crippen LogP contribution < -0.4 is 11.5 Å². The van der Waals surface area contributed by atoms with E-state index < -0.39 is 0 Å². The second-order valence-corrected chi connectivity index (χ2v) is 3.72. The van der Waals surface area contributed by atoms with Gasteiger partial charge >= 0.3 is 0 Å². The second-order valence-electron chi connectivity index (χ2n) is 3.72. The minimum Gasteiger partial charge on any atom is -0.384 e. The molecule has 0 atom stereocenters. The van der Waals surface area contributed by atoms with Gasteiger partial charge in [0.25, 0.3) is 0 Å². The molecule has 0 aliphatic carbocycles. The zero-order chi connectivity index (χ0) is 11.8. The molecule has 4 N–H and O–H groups in total. The molecule has 2 heterocycles. The third-order valence-electron chi connectivity index (χ3n) is 2.62. The number of aromatic nitrogens is 2. The van der Waals surface area contributed by atoms with Crippen molar-refractivity contribution >= 4 is 22.6 Å². The molecule has 2 aromatic heterocycles. The van der Waals surface area contributed by atoms with Crippen LogP contribution in [0.15, 0.2) is 41.1 Å². The van der Waals surface area contributed by atoms with Gasteiger partial charge in [-0.1, -0.05) is 17.3 Å². The maximum Gasteiger partial charge on any atom is 0.175 e. The van der Waals surface area contributed by atoms with Crippen LogP contribution in [0.4, 0.5) is 11.6 Å². The Labute approximate surface area is 97.0 Å². The molecular formula is C12H10N4O. The van der Waals surface area contributed by atoms with Gasteiger partial charge in [-0.05, 0) is 23.8 Å². The van der Waals surface area contributed by atoms with Gasteiger partial charge in [0, 0.05) is 11.8 Å². The molecule has 0 unspecified atom stereocenters. The van der Waals surface area contributed by atoms with Crippen LogP contribution >= 0.6 is 0 Å². The van der Waals surface area contributed by atoms with Gasteiger partial charge in [0.15, 0.2) is 11.4 Å². The first kappa shape index (κ1) is 9.65. The first-order valence-electron chi connectivity index (χ1n) is 5.11. The van der Waals surface area contributed by atoms with E-state index in [-0.39, 0.29) is 0 Å². The highest BCUT2D eigenvalue weighted by Gasteiger charge is 2.11. The summed E-state index contributed by atoms with van der Waals surface area (Å²) in [6.45, 7) is 0. The normalized spacial score (nSPS) is 10.8. The maximum absolute atomic E-state index is 5.79. The molecule has 0 amide bonds. The molecule has 3 rings (SSSR count). The molecule has 3 aromatic rings. The second kappa shape index (κ2) is 3.48. The Morgan fingerprint density at radius 3 is 2.71 bits per heavy atom. The lowest BCUT2D eigenvalue weighted by Gasteiger charge is -2.02. The Bertz CT molecular complexity index is 673. The van der Waals surface area contributed by atoms with Gasteiger partial charge in [-0.15, -0.1) is 0 Å². The van der Waals surface area contributed by atoms with E-state index in [1.54, 1.807) is 12.3 Å². The summed E-state index contributed by atoms with van der Waals surface area (Å²) >= 11 is 0. The number of pyridine rings is 1. The quantitative estimate of drug-likeness (QED) is 0.662. The number of nitrogen functional groups attached to an aromatic ring is 2. The summed E-state index contributed by atoms with van der Waals surface area (Å²) in [7, 11) is 0. The molecule has 0 spiro atoms. The van der Waals surface area contributed by atoms with E-state index in [0.29, 0.717) is 17.2 Å². The van der Waals surface area contributed by atoms with E-state index in [2.05, 4.69) is 10.1 Å². The predicted octanol–water partition coefficient (Wildman–Crippen LogP) is 2.05. The van der Waals surface area contributed by atoms with Crippen LogP contribution in [-0.4, -0.2) is 10.1 Å². The van der Waals surface area contributed by atoms with Crippen molar-refractivity contribution in [1.29, 1.82) is 0 Å². The van der Waals surface area contributed by atoms with Gasteiger partial charge in [0.1, 0.15) is 5.82 Å². The van der Waals surface area contributed by atoms with Crippen LogP contribution in [0.25, 0.3) is 22.1 Å². The molecule has 0 aliphatic heterocycles. The molecule has 84 valence electrons. The van der Waals surface area contributed by atoms with Crippen LogP contribution in [-0.2, 0) is 0 Å². The first-order chi connectivity index (χ1) is 8.25. The van der Waals surface area contributed by atoms with Crippen LogP contribution in [0.2, 0.25) is 0 Å². The molecule has 1 aromatic carbocycles. The van der Waals surface area contributed by atoms with Gasteiger partial charge in [0.2, 0.25) is 0 Å². The summed E-state index contributed by atoms with van der Waals surface area (Å²) in [5.74, 6) is 0.867. The third-order valence-corrected chi connectivity index (χ3v) is 2.62. The highest BCUT2D eigenvalue weighted by molar-refractivity contribution is 6.00. The van der Waals surface area contributed by atoms with Crippen molar-refractivity contribution in [2.75, 3.05) is 11.5 Å². The minimum atomic E-state index is 0.382. The van der Waals surface area contributed by atoms with E-state index in [0.717, 1.165) is 16.5 Å². The summed E-state index contributed by atoms with van der Waals surface area (Å²) in [6, 6.07) is 9.30. The Kier molecular flexibility index (Phi) is 1.98. The van der Waals surface area contributed by atoms with Crippen molar-refractivity contribution in [2.24, 2.45) is 0 Å². The number of benzene rings is 1. The Morgan fingerprint density at radius 1 is 1.06 bits per heavy atom. The fraction of sp³-hybridized carbons (Fsp3) is 0. The average molecular weight is 226 g/mol. The van der Waals surface area contributed by atoms with Crippen molar-refractivity contribution in [3.05, 3.63) is 36.5 Å². The van der Waals surface area contributed by atoms with Gasteiger partial charge in [-0.3, -0.25) is 0 Å². The monoisotopic (exact) mass is 226 g/mol. The van der Waals surface area contributed by atoms with Crippen molar-refractivity contribution in [2.45, 2.75) is 0 Å². The van der Waals surface area contributed by atoms with Gasteiger partial charge in [0.05, 0.1) is 5.39 Å². The standard InChI is InChI=1S/C12H10N4O/c13-10-5-4-7(6-15-10)8-2-1-3-9-11(8)12(14)16-17-9/h1-6H,(H2,13,15)(H2,14,16). The maximum atomic E-state index is 5.79. The third kappa shape index (κ3) is 1.48. The SMILES string of the molecule is Nc1ccc(-c2cccc3onc(N)c23)cn1. The number of rotatable bonds is 1. The first-order valence-corrected chi connectivity index (χ1v) is 5.11. The Hall–Kier alpha value is -2.56. The highest BCUT2D eigenvalue weighted by atomic mass is 16.5. The molecule has 0 aliphatic rings. The molecule has 5 heteroatoms. The largest absolute Gasteiger partial charge is 0.384 e. The van der Waals surface area contributed by atoms with Gasteiger partial charge in [-0.25, -0.2) is 4.98 Å². The van der Waals surface area contributed by atoms with E-state index >= 15 is 0 Å². The van der Waals surface area contributed by atoms with Gasteiger partial charge < -0.3 is 16.0 Å². The van der Waals surface area contributed by atoms with Crippen molar-refractivity contribution < 1.29 is 4.52 Å². The fourth-order valence-corrected chi connectivity index (χ4v) is 1.82. The lowest BCUT2D eigenvalue weighted by atomic mass is 10.0. The van der Waals surface area contributed by atoms with E-state index in [1.165, 1.54) is 0 Å². The molecule has 5 nitrogen and oxygen atoms in total. The Balaban J connectivity index is 2.29. The van der Waals surface area contributed by atoms with Crippen LogP contribution in [0.3, 0.4) is 0 Å². The summed E-state index contributed by atoms with van der Waals surface area (Å²) in [5, 5.41) is 4.56. The minimum absolute atomic E-state index is 0.382. The van der Waals surface area contributed by atoms with E-state index in [4.69, 9.17) is 16.0 Å². The number of nitrogens with zero attached hydrogens (tertiary/aromatic N) is 2. The fourth-order valence-electron chi connectivity index (χ4n) is 1.82. The number of hydrogen-bond acceptors (Lipinski definition) is 5. The summed E-state index contributed by atoms with van der Waals surface area (Å²) < 4.78 is 5.11. The molecule has 0 saturated heterocycles. The molecular weight excluding hydrogens is 216 g/mol. The van der Waals surface area contributed by atoms with E-state index in [9.17, 15) is 0 Å². The lowest BCUT2D eigenvalue weighted by molar-refractivity contribution is 0.460. The molecule has 0 bridgehead atoms. The zero-order valence-electron chi connectivity index (χ0n) is 8.92. The van der Waals surface area contributed by atoms with E-state index in [1.807, 2.05) is 24.3 Å². The smallest absolute Gasteiger partial charge is 0.175 e.